The van der Waals surface area contributed by atoms with Gasteiger partial charge in [0.05, 0.1) is 19.5 Å². The Kier molecular flexibility index (Phi) is 4.90. The van der Waals surface area contributed by atoms with E-state index >= 15 is 0 Å². The van der Waals surface area contributed by atoms with Crippen LogP contribution in [-0.4, -0.2) is 21.9 Å². The number of Topliss-reactive ketones (excluding diaryl/α,β-unsaturated/α-hetero) is 1. The highest BCUT2D eigenvalue weighted by molar-refractivity contribution is 9.10. The van der Waals surface area contributed by atoms with Crippen molar-refractivity contribution in [3.63, 3.8) is 0 Å². The second-order valence-corrected chi connectivity index (χ2v) is 5.34. The van der Waals surface area contributed by atoms with Crippen molar-refractivity contribution in [2.24, 2.45) is 0 Å². The molecule has 0 bridgehead atoms. The molecule has 0 spiro atoms. The zero-order chi connectivity index (χ0) is 15.4. The topological polar surface area (TPSA) is 61.2 Å². The lowest BCUT2D eigenvalue weighted by Crippen LogP contribution is -2.21. The first kappa shape index (κ1) is 15.4. The average Bonchev–Trinajstić information content (AvgIpc) is 2.45. The average molecular weight is 351 g/mol. The van der Waals surface area contributed by atoms with Crippen LogP contribution in [0.4, 0.5) is 0 Å². The molecule has 1 aromatic carbocycles. The van der Waals surface area contributed by atoms with Gasteiger partial charge in [0.2, 0.25) is 0 Å². The monoisotopic (exact) mass is 350 g/mol. The van der Waals surface area contributed by atoms with E-state index in [2.05, 4.69) is 20.9 Å². The van der Waals surface area contributed by atoms with Crippen LogP contribution in [0.1, 0.15) is 29.8 Å². The van der Waals surface area contributed by atoms with Crippen LogP contribution in [0.3, 0.4) is 0 Å². The Bertz CT molecular complexity index is 725. The van der Waals surface area contributed by atoms with Gasteiger partial charge in [0, 0.05) is 17.3 Å². The molecule has 0 atom stereocenters. The number of carbonyl (C=O) groups excluding carboxylic acids is 1. The van der Waals surface area contributed by atoms with Crippen molar-refractivity contribution in [1.82, 2.24) is 9.55 Å². The summed E-state index contributed by atoms with van der Waals surface area (Å²) in [4.78, 5) is 27.5. The lowest BCUT2D eigenvalue weighted by molar-refractivity contribution is 0.101. The second-order valence-electron chi connectivity index (χ2n) is 4.49. The minimum absolute atomic E-state index is 0.0287. The Morgan fingerprint density at radius 2 is 2.19 bits per heavy atom. The maximum atomic E-state index is 12.0. The number of nitrogens with zero attached hydrogens (tertiary/aromatic N) is 2. The number of carbonyl (C=O) groups is 1. The number of aromatic nitrogens is 2. The van der Waals surface area contributed by atoms with Crippen LogP contribution in [0.15, 0.2) is 40.0 Å². The molecule has 0 fully saturated rings. The number of halogens is 1. The molecule has 0 radical (unpaired) electrons. The molecule has 6 heteroatoms. The number of ketones is 1. The van der Waals surface area contributed by atoms with E-state index in [1.807, 2.05) is 6.92 Å². The quantitative estimate of drug-likeness (QED) is 0.777. The molecule has 0 N–H and O–H groups in total. The molecule has 1 heterocycles. The summed E-state index contributed by atoms with van der Waals surface area (Å²) < 4.78 is 7.41. The number of hydrogen-bond donors (Lipinski definition) is 0. The highest BCUT2D eigenvalue weighted by Gasteiger charge is 2.10. The van der Waals surface area contributed by atoms with E-state index in [4.69, 9.17) is 4.74 Å². The Balaban J connectivity index is 2.45. The molecule has 2 aromatic rings. The second kappa shape index (κ2) is 6.67. The largest absolute Gasteiger partial charge is 0.494 e. The van der Waals surface area contributed by atoms with Gasteiger partial charge in [0.15, 0.2) is 5.78 Å². The summed E-state index contributed by atoms with van der Waals surface area (Å²) in [7, 11) is 0. The number of benzene rings is 1. The van der Waals surface area contributed by atoms with Crippen molar-refractivity contribution in [3.05, 3.63) is 56.7 Å². The van der Waals surface area contributed by atoms with Gasteiger partial charge in [-0.1, -0.05) is 0 Å². The summed E-state index contributed by atoms with van der Waals surface area (Å²) in [6.45, 7) is 4.20. The third-order valence-electron chi connectivity index (χ3n) is 2.97. The van der Waals surface area contributed by atoms with Crippen LogP contribution >= 0.6 is 15.9 Å². The molecule has 0 aliphatic carbocycles. The van der Waals surface area contributed by atoms with Crippen LogP contribution in [0.2, 0.25) is 0 Å². The highest BCUT2D eigenvalue weighted by Crippen LogP contribution is 2.21. The molecule has 5 nitrogen and oxygen atoms in total. The van der Waals surface area contributed by atoms with Crippen LogP contribution < -0.4 is 10.3 Å². The van der Waals surface area contributed by atoms with Gasteiger partial charge in [-0.3, -0.25) is 14.2 Å². The predicted molar refractivity (Wildman–Crippen MR) is 82.9 cm³/mol. The third kappa shape index (κ3) is 3.58. The van der Waals surface area contributed by atoms with Gasteiger partial charge >= 0.3 is 0 Å². The number of ether oxygens (including phenoxy) is 1. The maximum Gasteiger partial charge on any atom is 0.267 e. The van der Waals surface area contributed by atoms with E-state index in [1.165, 1.54) is 24.0 Å². The van der Waals surface area contributed by atoms with E-state index in [0.29, 0.717) is 28.9 Å². The summed E-state index contributed by atoms with van der Waals surface area (Å²) in [5, 5.41) is 0. The van der Waals surface area contributed by atoms with Gasteiger partial charge in [-0.2, -0.15) is 0 Å². The summed E-state index contributed by atoms with van der Waals surface area (Å²) in [5.41, 5.74) is 1.18. The van der Waals surface area contributed by atoms with Gasteiger partial charge in [-0.25, -0.2) is 4.98 Å². The fourth-order valence-electron chi connectivity index (χ4n) is 1.94. The fourth-order valence-corrected chi connectivity index (χ4v) is 2.28. The summed E-state index contributed by atoms with van der Waals surface area (Å²) in [6, 6.07) is 5.23. The van der Waals surface area contributed by atoms with Crippen LogP contribution in [-0.2, 0) is 6.54 Å². The van der Waals surface area contributed by atoms with Crippen molar-refractivity contribution < 1.29 is 9.53 Å². The van der Waals surface area contributed by atoms with E-state index in [0.717, 1.165) is 5.56 Å². The normalized spacial score (nSPS) is 10.4. The maximum absolute atomic E-state index is 12.0. The van der Waals surface area contributed by atoms with Crippen molar-refractivity contribution in [3.8, 4) is 5.75 Å². The van der Waals surface area contributed by atoms with Gasteiger partial charge in [-0.05, 0) is 48.0 Å². The molecule has 110 valence electrons. The molecule has 0 saturated heterocycles. The van der Waals surface area contributed by atoms with Crippen molar-refractivity contribution in [2.75, 3.05) is 6.61 Å². The molecular weight excluding hydrogens is 336 g/mol. The molecule has 0 aliphatic rings. The first-order valence-electron chi connectivity index (χ1n) is 6.49. The number of hydrogen-bond acceptors (Lipinski definition) is 4. The van der Waals surface area contributed by atoms with E-state index in [1.54, 1.807) is 18.2 Å². The van der Waals surface area contributed by atoms with Gasteiger partial charge < -0.3 is 4.74 Å². The molecule has 21 heavy (non-hydrogen) atoms. The lowest BCUT2D eigenvalue weighted by Gasteiger charge is -2.12. The zero-order valence-corrected chi connectivity index (χ0v) is 13.4. The predicted octanol–water partition coefficient (Wildman–Crippen LogP) is 2.66. The van der Waals surface area contributed by atoms with E-state index in [-0.39, 0.29) is 11.3 Å². The highest BCUT2D eigenvalue weighted by atomic mass is 79.9. The Labute approximate surface area is 130 Å². The molecule has 0 amide bonds. The third-order valence-corrected chi connectivity index (χ3v) is 3.51. The molecular formula is C15H15BrN2O3. The fraction of sp³-hybridized carbons (Fsp3) is 0.267. The van der Waals surface area contributed by atoms with Crippen molar-refractivity contribution in [1.29, 1.82) is 0 Å². The standard InChI is InChI=1S/C15H15BrN2O3/c1-3-21-14-5-4-11(10(2)19)6-12(14)8-18-9-17-7-13(16)15(18)20/h4-7,9H,3,8H2,1-2H3. The Hall–Kier alpha value is -1.95. The molecule has 1 aromatic heterocycles. The van der Waals surface area contributed by atoms with Crippen molar-refractivity contribution >= 4 is 21.7 Å². The minimum atomic E-state index is -0.180. The Morgan fingerprint density at radius 3 is 2.86 bits per heavy atom. The Morgan fingerprint density at radius 1 is 1.43 bits per heavy atom. The molecule has 2 rings (SSSR count). The summed E-state index contributed by atoms with van der Waals surface area (Å²) >= 11 is 3.17. The van der Waals surface area contributed by atoms with Gasteiger partial charge in [0.1, 0.15) is 10.2 Å². The van der Waals surface area contributed by atoms with E-state index < -0.39 is 0 Å². The zero-order valence-electron chi connectivity index (χ0n) is 11.8. The number of rotatable bonds is 5. The minimum Gasteiger partial charge on any atom is -0.494 e. The molecule has 0 unspecified atom stereocenters. The van der Waals surface area contributed by atoms with E-state index in [9.17, 15) is 9.59 Å². The van der Waals surface area contributed by atoms with Crippen molar-refractivity contribution in [2.45, 2.75) is 20.4 Å². The SMILES string of the molecule is CCOc1ccc(C(C)=O)cc1Cn1cncc(Br)c1=O. The molecule has 0 aliphatic heterocycles. The first-order chi connectivity index (χ1) is 10.0. The molecule has 0 saturated carbocycles. The van der Waals surface area contributed by atoms with Gasteiger partial charge in [-0.15, -0.1) is 0 Å². The van der Waals surface area contributed by atoms with Crippen LogP contribution in [0.5, 0.6) is 5.75 Å². The van der Waals surface area contributed by atoms with Crippen LogP contribution in [0.25, 0.3) is 0 Å². The van der Waals surface area contributed by atoms with Crippen LogP contribution in [0, 0.1) is 0 Å². The summed E-state index contributed by atoms with van der Waals surface area (Å²) in [6.07, 6.45) is 2.91. The van der Waals surface area contributed by atoms with Gasteiger partial charge in [0.25, 0.3) is 5.56 Å². The lowest BCUT2D eigenvalue weighted by atomic mass is 10.1. The summed E-state index contributed by atoms with van der Waals surface area (Å²) in [5.74, 6) is 0.633. The smallest absolute Gasteiger partial charge is 0.267 e. The first-order valence-corrected chi connectivity index (χ1v) is 7.28.